The minimum atomic E-state index is -0.0945. The minimum Gasteiger partial charge on any atom is -0.508 e. The zero-order valence-corrected chi connectivity index (χ0v) is 12.3. The lowest BCUT2D eigenvalue weighted by atomic mass is 10.1. The quantitative estimate of drug-likeness (QED) is 0.753. The molecule has 4 nitrogen and oxygen atoms in total. The van der Waals surface area contributed by atoms with Crippen molar-refractivity contribution in [3.8, 4) is 11.5 Å². The Kier molecular flexibility index (Phi) is 3.95. The van der Waals surface area contributed by atoms with E-state index in [0.29, 0.717) is 0 Å². The molecule has 0 radical (unpaired) electrons. The van der Waals surface area contributed by atoms with Gasteiger partial charge in [0.25, 0.3) is 0 Å². The molecule has 5 heteroatoms. The van der Waals surface area contributed by atoms with Gasteiger partial charge in [-0.1, -0.05) is 0 Å². The molecule has 0 aliphatic rings. The Morgan fingerprint density at radius 1 is 1.26 bits per heavy atom. The lowest BCUT2D eigenvalue weighted by Gasteiger charge is -2.17. The van der Waals surface area contributed by atoms with Crippen molar-refractivity contribution in [1.82, 2.24) is 4.98 Å². The monoisotopic (exact) mass is 322 g/mol. The van der Waals surface area contributed by atoms with Gasteiger partial charge in [-0.15, -0.1) is 0 Å². The summed E-state index contributed by atoms with van der Waals surface area (Å²) < 4.78 is 0.818. The zero-order valence-electron chi connectivity index (χ0n) is 10.7. The van der Waals surface area contributed by atoms with Crippen molar-refractivity contribution < 1.29 is 10.2 Å². The number of phenolic OH excluding ortho intramolecular Hbond substituents is 2. The first-order valence-corrected chi connectivity index (χ1v) is 6.67. The predicted octanol–water partition coefficient (Wildman–Crippen LogP) is 3.74. The second kappa shape index (κ2) is 5.48. The molecule has 0 saturated carbocycles. The molecule has 19 heavy (non-hydrogen) atoms. The molecule has 1 atom stereocenters. The number of hydrogen-bond donors (Lipinski definition) is 3. The fourth-order valence-electron chi connectivity index (χ4n) is 1.86. The van der Waals surface area contributed by atoms with Crippen molar-refractivity contribution in [3.63, 3.8) is 0 Å². The van der Waals surface area contributed by atoms with Gasteiger partial charge in [0.2, 0.25) is 0 Å². The van der Waals surface area contributed by atoms with E-state index in [4.69, 9.17) is 0 Å². The Balaban J connectivity index is 2.20. The Hall–Kier alpha value is -1.75. The highest BCUT2D eigenvalue weighted by Gasteiger charge is 2.11. The predicted molar refractivity (Wildman–Crippen MR) is 78.5 cm³/mol. The van der Waals surface area contributed by atoms with Crippen LogP contribution in [0.3, 0.4) is 0 Å². The smallest absolute Gasteiger partial charge is 0.124 e. The topological polar surface area (TPSA) is 65.4 Å². The summed E-state index contributed by atoms with van der Waals surface area (Å²) in [4.78, 5) is 4.21. The van der Waals surface area contributed by atoms with Gasteiger partial charge in [0.05, 0.1) is 17.9 Å². The molecule has 0 bridgehead atoms. The molecular formula is C14H15BrN2O2. The van der Waals surface area contributed by atoms with Crippen molar-refractivity contribution in [2.75, 3.05) is 5.32 Å². The highest BCUT2D eigenvalue weighted by atomic mass is 79.9. The number of benzene rings is 1. The molecule has 0 aliphatic carbocycles. The van der Waals surface area contributed by atoms with Gasteiger partial charge in [-0.25, -0.2) is 4.98 Å². The molecule has 0 aliphatic heterocycles. The van der Waals surface area contributed by atoms with Crippen LogP contribution in [0.5, 0.6) is 11.5 Å². The zero-order chi connectivity index (χ0) is 14.0. The number of halogens is 1. The standard InChI is InChI=1S/C14H15BrN2O2/c1-8-5-10(7-16-14(8)15)17-9(2)12-4-3-11(18)6-13(12)19/h3-7,9,17-19H,1-2H3. The van der Waals surface area contributed by atoms with Gasteiger partial charge in [-0.3, -0.25) is 0 Å². The summed E-state index contributed by atoms with van der Waals surface area (Å²) in [6.07, 6.45) is 1.73. The molecule has 2 aromatic rings. The van der Waals surface area contributed by atoms with E-state index < -0.39 is 0 Å². The van der Waals surface area contributed by atoms with Crippen LogP contribution in [0.4, 0.5) is 5.69 Å². The fourth-order valence-corrected chi connectivity index (χ4v) is 2.08. The second-order valence-corrected chi connectivity index (χ2v) is 5.19. The number of hydrogen-bond acceptors (Lipinski definition) is 4. The Labute approximate surface area is 120 Å². The number of nitrogens with zero attached hydrogens (tertiary/aromatic N) is 1. The third kappa shape index (κ3) is 3.17. The lowest BCUT2D eigenvalue weighted by molar-refractivity contribution is 0.444. The van der Waals surface area contributed by atoms with Crippen molar-refractivity contribution >= 4 is 21.6 Å². The van der Waals surface area contributed by atoms with Crippen molar-refractivity contribution in [2.24, 2.45) is 0 Å². The highest BCUT2D eigenvalue weighted by molar-refractivity contribution is 9.10. The van der Waals surface area contributed by atoms with Crippen molar-refractivity contribution in [1.29, 1.82) is 0 Å². The molecule has 0 spiro atoms. The van der Waals surface area contributed by atoms with E-state index in [0.717, 1.165) is 21.4 Å². The summed E-state index contributed by atoms with van der Waals surface area (Å²) in [5, 5.41) is 22.4. The summed E-state index contributed by atoms with van der Waals surface area (Å²) in [6, 6.07) is 6.46. The Morgan fingerprint density at radius 3 is 2.63 bits per heavy atom. The first-order chi connectivity index (χ1) is 8.97. The van der Waals surface area contributed by atoms with E-state index in [9.17, 15) is 10.2 Å². The van der Waals surface area contributed by atoms with Gasteiger partial charge in [-0.05, 0) is 53.5 Å². The molecular weight excluding hydrogens is 308 g/mol. The number of anilines is 1. The van der Waals surface area contributed by atoms with E-state index in [2.05, 4.69) is 26.2 Å². The third-order valence-electron chi connectivity index (χ3n) is 2.88. The number of aromatic hydroxyl groups is 2. The maximum Gasteiger partial charge on any atom is 0.124 e. The van der Waals surface area contributed by atoms with Crippen LogP contribution < -0.4 is 5.32 Å². The molecule has 1 unspecified atom stereocenters. The van der Waals surface area contributed by atoms with Crippen LogP contribution in [0.2, 0.25) is 0 Å². The van der Waals surface area contributed by atoms with Crippen LogP contribution >= 0.6 is 15.9 Å². The molecule has 1 aromatic carbocycles. The first-order valence-electron chi connectivity index (χ1n) is 5.88. The fraction of sp³-hybridized carbons (Fsp3) is 0.214. The Bertz CT molecular complexity index is 602. The van der Waals surface area contributed by atoms with E-state index >= 15 is 0 Å². The average Bonchev–Trinajstić information content (AvgIpc) is 2.33. The summed E-state index contributed by atoms with van der Waals surface area (Å²) >= 11 is 3.35. The van der Waals surface area contributed by atoms with E-state index in [1.54, 1.807) is 18.3 Å². The highest BCUT2D eigenvalue weighted by Crippen LogP contribution is 2.30. The van der Waals surface area contributed by atoms with Gasteiger partial charge < -0.3 is 15.5 Å². The molecule has 0 fully saturated rings. The molecule has 1 aromatic heterocycles. The van der Waals surface area contributed by atoms with E-state index in [1.807, 2.05) is 19.9 Å². The van der Waals surface area contributed by atoms with Gasteiger partial charge in [0.15, 0.2) is 0 Å². The molecule has 100 valence electrons. The van der Waals surface area contributed by atoms with Crippen LogP contribution in [0.1, 0.15) is 24.1 Å². The molecule has 0 saturated heterocycles. The molecule has 0 amide bonds. The Morgan fingerprint density at radius 2 is 2.00 bits per heavy atom. The number of phenols is 2. The van der Waals surface area contributed by atoms with Crippen LogP contribution in [-0.2, 0) is 0 Å². The largest absolute Gasteiger partial charge is 0.508 e. The summed E-state index contributed by atoms with van der Waals surface area (Å²) in [6.45, 7) is 3.90. The normalized spacial score (nSPS) is 12.2. The van der Waals surface area contributed by atoms with E-state index in [1.165, 1.54) is 6.07 Å². The maximum atomic E-state index is 9.82. The lowest BCUT2D eigenvalue weighted by Crippen LogP contribution is -2.07. The molecule has 1 heterocycles. The third-order valence-corrected chi connectivity index (χ3v) is 3.71. The van der Waals surface area contributed by atoms with Crippen molar-refractivity contribution in [2.45, 2.75) is 19.9 Å². The minimum absolute atomic E-state index is 0.0506. The number of nitrogens with one attached hydrogen (secondary N) is 1. The van der Waals surface area contributed by atoms with Crippen LogP contribution in [0, 0.1) is 6.92 Å². The van der Waals surface area contributed by atoms with Gasteiger partial charge in [-0.2, -0.15) is 0 Å². The molecule has 3 N–H and O–H groups in total. The van der Waals surface area contributed by atoms with Crippen LogP contribution in [0.15, 0.2) is 35.1 Å². The summed E-state index contributed by atoms with van der Waals surface area (Å²) in [5.74, 6) is 0.122. The van der Waals surface area contributed by atoms with Gasteiger partial charge >= 0.3 is 0 Å². The number of aromatic nitrogens is 1. The number of pyridine rings is 1. The SMILES string of the molecule is Cc1cc(NC(C)c2ccc(O)cc2O)cnc1Br. The second-order valence-electron chi connectivity index (χ2n) is 4.44. The van der Waals surface area contributed by atoms with Crippen LogP contribution in [0.25, 0.3) is 0 Å². The summed E-state index contributed by atoms with van der Waals surface area (Å²) in [7, 11) is 0. The van der Waals surface area contributed by atoms with Gasteiger partial charge in [0.1, 0.15) is 16.1 Å². The van der Waals surface area contributed by atoms with E-state index in [-0.39, 0.29) is 17.5 Å². The summed E-state index contributed by atoms with van der Waals surface area (Å²) in [5.41, 5.74) is 2.63. The maximum absolute atomic E-state index is 9.82. The van der Waals surface area contributed by atoms with Crippen LogP contribution in [-0.4, -0.2) is 15.2 Å². The number of aryl methyl sites for hydroxylation is 1. The van der Waals surface area contributed by atoms with Crippen molar-refractivity contribution in [3.05, 3.63) is 46.2 Å². The van der Waals surface area contributed by atoms with Gasteiger partial charge in [0, 0.05) is 11.6 Å². The first kappa shape index (κ1) is 13.7. The average molecular weight is 323 g/mol. The molecule has 2 rings (SSSR count). The number of rotatable bonds is 3.